The predicted octanol–water partition coefficient (Wildman–Crippen LogP) is 2.50. The Morgan fingerprint density at radius 1 is 1.50 bits per heavy atom. The number of aromatic nitrogens is 1. The lowest BCUT2D eigenvalue weighted by atomic mass is 10.1. The summed E-state index contributed by atoms with van der Waals surface area (Å²) in [5.74, 6) is -1.03. The van der Waals surface area contributed by atoms with Gasteiger partial charge >= 0.3 is 5.97 Å². The van der Waals surface area contributed by atoms with E-state index in [1.54, 1.807) is 12.3 Å². The quantitative estimate of drug-likeness (QED) is 0.642. The normalized spacial score (nSPS) is 11.7. The fraction of sp³-hybridized carbons (Fsp3) is 0.0833. The summed E-state index contributed by atoms with van der Waals surface area (Å²) in [4.78, 5) is 23.9. The van der Waals surface area contributed by atoms with Crippen LogP contribution in [0.5, 0.6) is 0 Å². The minimum absolute atomic E-state index is 0.00312. The van der Waals surface area contributed by atoms with Crippen LogP contribution in [0.25, 0.3) is 17.0 Å². The number of rotatable bonds is 3. The molecule has 1 aromatic carbocycles. The SMILES string of the molecule is C/C(=C\c1c[nH]c2ccc(C(=O)O)cc12)[N+](=O)[O-]. The topological polar surface area (TPSA) is 96.2 Å². The maximum Gasteiger partial charge on any atom is 0.335 e. The second-order valence-electron chi connectivity index (χ2n) is 3.85. The average Bonchev–Trinajstić information content (AvgIpc) is 2.71. The van der Waals surface area contributed by atoms with Crippen LogP contribution in [0.4, 0.5) is 0 Å². The average molecular weight is 246 g/mol. The van der Waals surface area contributed by atoms with E-state index >= 15 is 0 Å². The number of aromatic amines is 1. The molecule has 0 fully saturated rings. The molecular weight excluding hydrogens is 236 g/mol. The van der Waals surface area contributed by atoms with E-state index in [-0.39, 0.29) is 11.3 Å². The maximum atomic E-state index is 10.9. The van der Waals surface area contributed by atoms with Crippen LogP contribution in [-0.2, 0) is 0 Å². The zero-order valence-electron chi connectivity index (χ0n) is 9.51. The summed E-state index contributed by atoms with van der Waals surface area (Å²) < 4.78 is 0. The highest BCUT2D eigenvalue weighted by Crippen LogP contribution is 2.22. The number of fused-ring (bicyclic) bond motifs is 1. The number of nitro groups is 1. The Balaban J connectivity index is 2.59. The molecule has 0 saturated carbocycles. The summed E-state index contributed by atoms with van der Waals surface area (Å²) in [6.07, 6.45) is 3.02. The number of allylic oxidation sites excluding steroid dienone is 1. The van der Waals surface area contributed by atoms with Crippen molar-refractivity contribution in [2.75, 3.05) is 0 Å². The maximum absolute atomic E-state index is 10.9. The van der Waals surface area contributed by atoms with Gasteiger partial charge in [0.2, 0.25) is 5.70 Å². The molecule has 0 radical (unpaired) electrons. The van der Waals surface area contributed by atoms with Crippen LogP contribution in [0, 0.1) is 10.1 Å². The van der Waals surface area contributed by atoms with E-state index in [1.165, 1.54) is 25.1 Å². The van der Waals surface area contributed by atoms with Gasteiger partial charge in [-0.15, -0.1) is 0 Å². The minimum atomic E-state index is -1.03. The monoisotopic (exact) mass is 246 g/mol. The molecule has 0 unspecified atom stereocenters. The van der Waals surface area contributed by atoms with Crippen molar-refractivity contribution >= 4 is 22.9 Å². The van der Waals surface area contributed by atoms with E-state index in [0.29, 0.717) is 10.9 Å². The Bertz CT molecular complexity index is 670. The van der Waals surface area contributed by atoms with Crippen molar-refractivity contribution in [2.24, 2.45) is 0 Å². The first-order chi connectivity index (χ1) is 8.49. The zero-order chi connectivity index (χ0) is 13.3. The first-order valence-corrected chi connectivity index (χ1v) is 5.16. The third-order valence-electron chi connectivity index (χ3n) is 2.61. The number of carboxylic acids is 1. The van der Waals surface area contributed by atoms with Crippen molar-refractivity contribution in [3.63, 3.8) is 0 Å². The van der Waals surface area contributed by atoms with Gasteiger partial charge < -0.3 is 10.1 Å². The number of hydrogen-bond acceptors (Lipinski definition) is 3. The Morgan fingerprint density at radius 2 is 2.22 bits per heavy atom. The number of aromatic carboxylic acids is 1. The molecule has 18 heavy (non-hydrogen) atoms. The van der Waals surface area contributed by atoms with E-state index in [9.17, 15) is 14.9 Å². The summed E-state index contributed by atoms with van der Waals surface area (Å²) in [5, 5.41) is 20.1. The Hall–Kier alpha value is -2.63. The van der Waals surface area contributed by atoms with Crippen molar-refractivity contribution in [1.82, 2.24) is 4.98 Å². The third-order valence-corrected chi connectivity index (χ3v) is 2.61. The summed E-state index contributed by atoms with van der Waals surface area (Å²) in [5.41, 5.74) is 1.48. The van der Waals surface area contributed by atoms with Gasteiger partial charge in [0.25, 0.3) is 0 Å². The van der Waals surface area contributed by atoms with Gasteiger partial charge in [-0.05, 0) is 18.2 Å². The van der Waals surface area contributed by atoms with Crippen LogP contribution >= 0.6 is 0 Å². The van der Waals surface area contributed by atoms with E-state index in [0.717, 1.165) is 5.52 Å². The van der Waals surface area contributed by atoms with Gasteiger partial charge in [0.05, 0.1) is 10.5 Å². The highest BCUT2D eigenvalue weighted by Gasteiger charge is 2.09. The van der Waals surface area contributed by atoms with E-state index in [2.05, 4.69) is 4.98 Å². The molecule has 0 aliphatic heterocycles. The largest absolute Gasteiger partial charge is 0.478 e. The number of nitrogens with zero attached hydrogens (tertiary/aromatic N) is 1. The smallest absolute Gasteiger partial charge is 0.335 e. The van der Waals surface area contributed by atoms with Crippen LogP contribution in [-0.4, -0.2) is 21.0 Å². The fourth-order valence-corrected chi connectivity index (χ4v) is 1.67. The molecule has 1 heterocycles. The summed E-state index contributed by atoms with van der Waals surface area (Å²) in [7, 11) is 0. The molecule has 0 aliphatic rings. The molecule has 1 aromatic heterocycles. The molecule has 6 heteroatoms. The van der Waals surface area contributed by atoms with Gasteiger partial charge in [-0.2, -0.15) is 0 Å². The van der Waals surface area contributed by atoms with Crippen LogP contribution in [0.15, 0.2) is 30.1 Å². The molecule has 0 spiro atoms. The highest BCUT2D eigenvalue weighted by atomic mass is 16.6. The number of hydrogen-bond donors (Lipinski definition) is 2. The standard InChI is InChI=1S/C12H10N2O4/c1-7(14(17)18)4-9-6-13-11-3-2-8(12(15)16)5-10(9)11/h2-6,13H,1H3,(H,15,16)/b7-4+. The molecule has 0 atom stereocenters. The molecule has 0 saturated heterocycles. The molecule has 6 nitrogen and oxygen atoms in total. The molecule has 2 rings (SSSR count). The Kier molecular flexibility index (Phi) is 2.85. The molecule has 2 N–H and O–H groups in total. The molecule has 2 aromatic rings. The molecule has 0 bridgehead atoms. The first-order valence-electron chi connectivity index (χ1n) is 5.16. The number of benzene rings is 1. The molecule has 0 amide bonds. The first kappa shape index (κ1) is 11.8. The zero-order valence-corrected chi connectivity index (χ0v) is 9.51. The minimum Gasteiger partial charge on any atom is -0.478 e. The predicted molar refractivity (Wildman–Crippen MR) is 65.9 cm³/mol. The van der Waals surface area contributed by atoms with Crippen LogP contribution < -0.4 is 0 Å². The van der Waals surface area contributed by atoms with Gasteiger partial charge in [-0.3, -0.25) is 10.1 Å². The number of nitrogens with one attached hydrogen (secondary N) is 1. The van der Waals surface area contributed by atoms with E-state index in [1.807, 2.05) is 0 Å². The number of carboxylic acid groups (broad SMARTS) is 1. The fourth-order valence-electron chi connectivity index (χ4n) is 1.67. The van der Waals surface area contributed by atoms with Gasteiger partial charge in [0, 0.05) is 35.7 Å². The molecule has 92 valence electrons. The van der Waals surface area contributed by atoms with Crippen molar-refractivity contribution in [3.8, 4) is 0 Å². The van der Waals surface area contributed by atoms with Crippen molar-refractivity contribution in [2.45, 2.75) is 6.92 Å². The second kappa shape index (κ2) is 4.33. The lowest BCUT2D eigenvalue weighted by Gasteiger charge is -1.96. The third kappa shape index (κ3) is 2.08. The van der Waals surface area contributed by atoms with E-state index < -0.39 is 10.9 Å². The molecular formula is C12H10N2O4. The summed E-state index contributed by atoms with van der Waals surface area (Å²) >= 11 is 0. The summed E-state index contributed by atoms with van der Waals surface area (Å²) in [6.45, 7) is 1.39. The lowest BCUT2D eigenvalue weighted by Crippen LogP contribution is -1.95. The lowest BCUT2D eigenvalue weighted by molar-refractivity contribution is -0.422. The van der Waals surface area contributed by atoms with Crippen LogP contribution in [0.3, 0.4) is 0 Å². The van der Waals surface area contributed by atoms with Gasteiger partial charge in [0.15, 0.2) is 0 Å². The van der Waals surface area contributed by atoms with E-state index in [4.69, 9.17) is 5.11 Å². The van der Waals surface area contributed by atoms with Gasteiger partial charge in [-0.25, -0.2) is 4.79 Å². The van der Waals surface area contributed by atoms with Crippen molar-refractivity contribution in [3.05, 3.63) is 51.3 Å². The Labute approximate surface area is 102 Å². The highest BCUT2D eigenvalue weighted by molar-refractivity contribution is 5.96. The number of carbonyl (C=O) groups is 1. The van der Waals surface area contributed by atoms with Gasteiger partial charge in [0.1, 0.15) is 0 Å². The molecule has 0 aliphatic carbocycles. The Morgan fingerprint density at radius 3 is 2.83 bits per heavy atom. The van der Waals surface area contributed by atoms with Crippen molar-refractivity contribution in [1.29, 1.82) is 0 Å². The van der Waals surface area contributed by atoms with Crippen LogP contribution in [0.2, 0.25) is 0 Å². The van der Waals surface area contributed by atoms with Crippen molar-refractivity contribution < 1.29 is 14.8 Å². The van der Waals surface area contributed by atoms with Gasteiger partial charge in [-0.1, -0.05) is 0 Å². The summed E-state index contributed by atoms with van der Waals surface area (Å²) in [6, 6.07) is 4.61. The van der Waals surface area contributed by atoms with Crippen LogP contribution in [0.1, 0.15) is 22.8 Å². The number of H-pyrrole nitrogens is 1. The second-order valence-corrected chi connectivity index (χ2v) is 3.85.